The molecule has 0 spiro atoms. The Labute approximate surface area is 171 Å². The number of fused-ring (bicyclic) bond motifs is 1. The number of para-hydroxylation sites is 1. The van der Waals surface area contributed by atoms with Crippen molar-refractivity contribution >= 4 is 28.4 Å². The van der Waals surface area contributed by atoms with Gasteiger partial charge in [0.25, 0.3) is 11.8 Å². The van der Waals surface area contributed by atoms with Gasteiger partial charge < -0.3 is 15.6 Å². The maximum atomic E-state index is 13.0. The Morgan fingerprint density at radius 2 is 2.03 bits per heavy atom. The number of pyridine rings is 1. The molecule has 3 heterocycles. The van der Waals surface area contributed by atoms with Crippen molar-refractivity contribution in [3.8, 4) is 0 Å². The lowest BCUT2D eigenvalue weighted by atomic mass is 10.1. The van der Waals surface area contributed by atoms with Gasteiger partial charge >= 0.3 is 0 Å². The Balaban J connectivity index is 1.62. The van der Waals surface area contributed by atoms with Crippen LogP contribution in [0, 0.1) is 6.92 Å². The minimum Gasteiger partial charge on any atom is -0.364 e. The molecule has 0 saturated heterocycles. The highest BCUT2D eigenvalue weighted by Gasteiger charge is 2.18. The van der Waals surface area contributed by atoms with Crippen LogP contribution in [0.3, 0.4) is 0 Å². The van der Waals surface area contributed by atoms with Gasteiger partial charge in [0.2, 0.25) is 5.89 Å². The molecular weight excluding hydrogens is 386 g/mol. The first-order valence-corrected chi connectivity index (χ1v) is 9.31. The number of hydrogen-bond acceptors (Lipinski definition) is 7. The van der Waals surface area contributed by atoms with Gasteiger partial charge in [0.05, 0.1) is 28.7 Å². The van der Waals surface area contributed by atoms with Crippen molar-refractivity contribution in [1.29, 1.82) is 0 Å². The third-order valence-corrected chi connectivity index (χ3v) is 4.68. The van der Waals surface area contributed by atoms with Gasteiger partial charge in [-0.2, -0.15) is 10.1 Å². The van der Waals surface area contributed by atoms with E-state index in [1.807, 2.05) is 13.8 Å². The third-order valence-electron chi connectivity index (χ3n) is 4.68. The number of anilines is 1. The lowest BCUT2D eigenvalue weighted by Crippen LogP contribution is -2.18. The minimum atomic E-state index is -0.704. The van der Waals surface area contributed by atoms with E-state index < -0.39 is 11.8 Å². The summed E-state index contributed by atoms with van der Waals surface area (Å²) in [5, 5.41) is 11.6. The Bertz CT molecular complexity index is 1260. The van der Waals surface area contributed by atoms with E-state index in [4.69, 9.17) is 10.3 Å². The van der Waals surface area contributed by atoms with E-state index in [0.717, 1.165) is 0 Å². The number of carbonyl (C=O) groups excluding carboxylic acids is 2. The zero-order valence-electron chi connectivity index (χ0n) is 16.4. The predicted molar refractivity (Wildman–Crippen MR) is 108 cm³/mol. The van der Waals surface area contributed by atoms with Gasteiger partial charge in [-0.1, -0.05) is 30.3 Å². The summed E-state index contributed by atoms with van der Waals surface area (Å²) in [6.07, 6.45) is 2.22. The standard InChI is InChI=1S/C20H19N7O3/c1-3-17-25-18(30-26-17)10-27-11(2)16(9-22-27)24-20(29)13-8-15(19(21)28)23-14-7-5-4-6-12(13)14/h4-9H,3,10H2,1-2H3,(H2,21,28)(H,24,29). The molecule has 0 bridgehead atoms. The molecule has 0 atom stereocenters. The molecule has 0 aliphatic heterocycles. The molecule has 2 amide bonds. The van der Waals surface area contributed by atoms with Crippen LogP contribution in [0.15, 0.2) is 41.1 Å². The number of aromatic nitrogens is 5. The summed E-state index contributed by atoms with van der Waals surface area (Å²) in [6, 6.07) is 8.45. The van der Waals surface area contributed by atoms with Gasteiger partial charge in [0.15, 0.2) is 5.82 Å². The van der Waals surface area contributed by atoms with Crippen molar-refractivity contribution in [2.75, 3.05) is 5.32 Å². The molecule has 0 radical (unpaired) electrons. The zero-order chi connectivity index (χ0) is 21.3. The fourth-order valence-electron chi connectivity index (χ4n) is 3.03. The maximum Gasteiger partial charge on any atom is 0.267 e. The summed E-state index contributed by atoms with van der Waals surface area (Å²) >= 11 is 0. The highest BCUT2D eigenvalue weighted by atomic mass is 16.5. The van der Waals surface area contributed by atoms with Crippen LogP contribution in [0.2, 0.25) is 0 Å². The van der Waals surface area contributed by atoms with Crippen molar-refractivity contribution < 1.29 is 14.1 Å². The molecule has 4 aromatic rings. The largest absolute Gasteiger partial charge is 0.364 e. The first kappa shape index (κ1) is 19.2. The molecule has 0 fully saturated rings. The summed E-state index contributed by atoms with van der Waals surface area (Å²) in [5.74, 6) is -0.0464. The van der Waals surface area contributed by atoms with E-state index in [0.29, 0.717) is 52.5 Å². The van der Waals surface area contributed by atoms with Gasteiger partial charge in [-0.05, 0) is 19.1 Å². The average Bonchev–Trinajstić information content (AvgIpc) is 3.34. The number of nitrogens with zero attached hydrogens (tertiary/aromatic N) is 5. The minimum absolute atomic E-state index is 0.0226. The van der Waals surface area contributed by atoms with Crippen molar-refractivity contribution in [2.45, 2.75) is 26.8 Å². The molecule has 0 saturated carbocycles. The first-order valence-electron chi connectivity index (χ1n) is 9.31. The summed E-state index contributed by atoms with van der Waals surface area (Å²) in [7, 11) is 0. The number of benzene rings is 1. The molecular formula is C20H19N7O3. The number of primary amides is 1. The van der Waals surface area contributed by atoms with E-state index in [1.54, 1.807) is 35.1 Å². The van der Waals surface area contributed by atoms with Gasteiger partial charge in [-0.3, -0.25) is 14.3 Å². The van der Waals surface area contributed by atoms with Crippen LogP contribution in [0.25, 0.3) is 10.9 Å². The van der Waals surface area contributed by atoms with Gasteiger partial charge in [0.1, 0.15) is 12.2 Å². The topological polar surface area (TPSA) is 142 Å². The summed E-state index contributed by atoms with van der Waals surface area (Å²) in [6.45, 7) is 4.05. The SMILES string of the molecule is CCc1noc(Cn2ncc(NC(=O)c3cc(C(N)=O)nc4ccccc34)c2C)n1. The predicted octanol–water partition coefficient (Wildman–Crippen LogP) is 2.08. The fraction of sp³-hybridized carbons (Fsp3) is 0.200. The van der Waals surface area contributed by atoms with Crippen molar-refractivity contribution in [3.63, 3.8) is 0 Å². The Hall–Kier alpha value is -4.08. The van der Waals surface area contributed by atoms with Crippen LogP contribution in [0.1, 0.15) is 45.2 Å². The molecule has 30 heavy (non-hydrogen) atoms. The number of amides is 2. The van der Waals surface area contributed by atoms with Crippen molar-refractivity contribution in [1.82, 2.24) is 24.9 Å². The molecule has 0 aliphatic carbocycles. The van der Waals surface area contributed by atoms with Crippen LogP contribution in [0.5, 0.6) is 0 Å². The fourth-order valence-corrected chi connectivity index (χ4v) is 3.03. The lowest BCUT2D eigenvalue weighted by molar-refractivity contribution is 0.0996. The number of nitrogens with two attached hydrogens (primary N) is 1. The van der Waals surface area contributed by atoms with Crippen LogP contribution < -0.4 is 11.1 Å². The van der Waals surface area contributed by atoms with Gasteiger partial charge in [0, 0.05) is 11.8 Å². The molecule has 3 N–H and O–H groups in total. The molecule has 10 heteroatoms. The molecule has 152 valence electrons. The van der Waals surface area contributed by atoms with Crippen LogP contribution in [-0.2, 0) is 13.0 Å². The van der Waals surface area contributed by atoms with Crippen LogP contribution >= 0.6 is 0 Å². The van der Waals surface area contributed by atoms with E-state index >= 15 is 0 Å². The second-order valence-electron chi connectivity index (χ2n) is 6.65. The highest BCUT2D eigenvalue weighted by Crippen LogP contribution is 2.21. The molecule has 0 unspecified atom stereocenters. The molecule has 1 aromatic carbocycles. The highest BCUT2D eigenvalue weighted by molar-refractivity contribution is 6.13. The number of aryl methyl sites for hydroxylation is 1. The quantitative estimate of drug-likeness (QED) is 0.500. The molecule has 10 nitrogen and oxygen atoms in total. The number of carbonyl (C=O) groups is 2. The second-order valence-corrected chi connectivity index (χ2v) is 6.65. The van der Waals surface area contributed by atoms with Gasteiger partial charge in [-0.15, -0.1) is 0 Å². The third kappa shape index (κ3) is 3.62. The van der Waals surface area contributed by atoms with E-state index in [9.17, 15) is 9.59 Å². The smallest absolute Gasteiger partial charge is 0.267 e. The summed E-state index contributed by atoms with van der Waals surface area (Å²) < 4.78 is 6.85. The van der Waals surface area contributed by atoms with Gasteiger partial charge in [-0.25, -0.2) is 4.98 Å². The molecule has 0 aliphatic rings. The first-order chi connectivity index (χ1) is 14.5. The number of nitrogens with one attached hydrogen (secondary N) is 1. The molecule has 3 aromatic heterocycles. The summed E-state index contributed by atoms with van der Waals surface area (Å²) in [5.41, 5.74) is 7.44. The summed E-state index contributed by atoms with van der Waals surface area (Å²) in [4.78, 5) is 33.1. The van der Waals surface area contributed by atoms with E-state index in [-0.39, 0.29) is 5.69 Å². The molecule has 4 rings (SSSR count). The lowest BCUT2D eigenvalue weighted by Gasteiger charge is -2.09. The van der Waals surface area contributed by atoms with Crippen molar-refractivity contribution in [3.05, 3.63) is 65.2 Å². The number of hydrogen-bond donors (Lipinski definition) is 2. The van der Waals surface area contributed by atoms with E-state index in [2.05, 4.69) is 25.5 Å². The maximum absolute atomic E-state index is 13.0. The monoisotopic (exact) mass is 405 g/mol. The van der Waals surface area contributed by atoms with Crippen molar-refractivity contribution in [2.24, 2.45) is 5.73 Å². The van der Waals surface area contributed by atoms with E-state index in [1.165, 1.54) is 6.07 Å². The zero-order valence-corrected chi connectivity index (χ0v) is 16.4. The normalized spacial score (nSPS) is 11.0. The Morgan fingerprint density at radius 1 is 1.23 bits per heavy atom. The Morgan fingerprint density at radius 3 is 2.77 bits per heavy atom. The van der Waals surface area contributed by atoms with Crippen LogP contribution in [-0.4, -0.2) is 36.7 Å². The Kier molecular flexibility index (Phi) is 4.97. The van der Waals surface area contributed by atoms with Crippen LogP contribution in [0.4, 0.5) is 5.69 Å². The second kappa shape index (κ2) is 7.74. The number of rotatable bonds is 6. The average molecular weight is 405 g/mol.